The molecule has 0 heterocycles. The number of nitro groups is 3. The number of esters is 1. The summed E-state index contributed by atoms with van der Waals surface area (Å²) in [6.07, 6.45) is 1.15. The highest BCUT2D eigenvalue weighted by Crippen LogP contribution is 2.34. The molecule has 0 saturated carbocycles. The van der Waals surface area contributed by atoms with Crippen LogP contribution in [0.5, 0.6) is 0 Å². The molecule has 0 radical (unpaired) electrons. The number of ether oxygens (including phenoxy) is 1. The molecule has 0 aliphatic rings. The number of hydrogen-bond acceptors (Lipinski definition) is 8. The van der Waals surface area contributed by atoms with Gasteiger partial charge in [-0.1, -0.05) is 13.3 Å². The maximum absolute atomic E-state index is 11.9. The van der Waals surface area contributed by atoms with Crippen molar-refractivity contribution in [1.29, 1.82) is 0 Å². The molecule has 0 saturated heterocycles. The minimum absolute atomic E-state index is 0.0688. The van der Waals surface area contributed by atoms with Crippen molar-refractivity contribution in [3.05, 3.63) is 48.0 Å². The van der Waals surface area contributed by atoms with Crippen LogP contribution in [0.4, 0.5) is 17.1 Å². The van der Waals surface area contributed by atoms with E-state index in [0.717, 1.165) is 0 Å². The molecule has 0 aromatic heterocycles. The van der Waals surface area contributed by atoms with Crippen LogP contribution in [0.25, 0.3) is 0 Å². The molecule has 11 nitrogen and oxygen atoms in total. The molecule has 22 heavy (non-hydrogen) atoms. The standard InChI is InChI=1S/C11H11N3O8/c1-2-3-4-22-11(15)10-8(13(18)19)5-7(12(16)17)6-9(10)14(20)21/h5-6H,2-4H2,1H3. The van der Waals surface area contributed by atoms with Crippen LogP contribution in [-0.2, 0) is 4.74 Å². The average molecular weight is 313 g/mol. The van der Waals surface area contributed by atoms with Gasteiger partial charge in [-0.15, -0.1) is 0 Å². The summed E-state index contributed by atoms with van der Waals surface area (Å²) in [7, 11) is 0. The summed E-state index contributed by atoms with van der Waals surface area (Å²) in [5, 5.41) is 32.6. The van der Waals surface area contributed by atoms with E-state index < -0.39 is 43.4 Å². The maximum Gasteiger partial charge on any atom is 0.352 e. The number of nitrogens with zero attached hydrogens (tertiary/aromatic N) is 3. The zero-order chi connectivity index (χ0) is 16.9. The summed E-state index contributed by atoms with van der Waals surface area (Å²) in [5.41, 5.74) is -3.84. The van der Waals surface area contributed by atoms with E-state index in [1.165, 1.54) is 0 Å². The van der Waals surface area contributed by atoms with Crippen molar-refractivity contribution in [2.45, 2.75) is 19.8 Å². The Balaban J connectivity index is 3.45. The molecule has 1 aromatic rings. The van der Waals surface area contributed by atoms with Gasteiger partial charge in [0.25, 0.3) is 17.1 Å². The predicted octanol–water partition coefficient (Wildman–Crippen LogP) is 2.37. The summed E-state index contributed by atoms with van der Waals surface area (Å²) < 4.78 is 4.73. The van der Waals surface area contributed by atoms with Gasteiger partial charge < -0.3 is 4.74 Å². The molecule has 11 heteroatoms. The number of carbonyl (C=O) groups is 1. The Labute approximate surface area is 122 Å². The minimum Gasteiger partial charge on any atom is -0.462 e. The monoisotopic (exact) mass is 313 g/mol. The number of non-ortho nitro benzene ring substituents is 1. The van der Waals surface area contributed by atoms with Gasteiger partial charge in [-0.25, -0.2) is 4.79 Å². The number of carbonyl (C=O) groups excluding carboxylic acids is 1. The third kappa shape index (κ3) is 3.71. The van der Waals surface area contributed by atoms with E-state index in [9.17, 15) is 35.1 Å². The molecule has 0 spiro atoms. The first-order chi connectivity index (χ1) is 10.3. The summed E-state index contributed by atoms with van der Waals surface area (Å²) in [6.45, 7) is 1.74. The van der Waals surface area contributed by atoms with E-state index >= 15 is 0 Å². The molecule has 1 aromatic carbocycles. The third-order valence-electron chi connectivity index (χ3n) is 2.62. The van der Waals surface area contributed by atoms with Crippen molar-refractivity contribution in [2.75, 3.05) is 6.61 Å². The van der Waals surface area contributed by atoms with Crippen LogP contribution in [0.3, 0.4) is 0 Å². The Morgan fingerprint density at radius 3 is 1.91 bits per heavy atom. The first-order valence-corrected chi connectivity index (χ1v) is 6.07. The molecule has 0 aliphatic heterocycles. The van der Waals surface area contributed by atoms with Gasteiger partial charge in [0.1, 0.15) is 0 Å². The van der Waals surface area contributed by atoms with E-state index in [1.807, 2.05) is 6.92 Å². The number of nitro benzene ring substituents is 3. The van der Waals surface area contributed by atoms with Gasteiger partial charge in [0, 0.05) is 0 Å². The molecule has 1 rings (SSSR count). The van der Waals surface area contributed by atoms with Crippen molar-refractivity contribution < 1.29 is 24.3 Å². The van der Waals surface area contributed by atoms with Gasteiger partial charge >= 0.3 is 5.97 Å². The van der Waals surface area contributed by atoms with Gasteiger partial charge in [0.15, 0.2) is 0 Å². The molecule has 0 aliphatic carbocycles. The second-order valence-electron chi connectivity index (χ2n) is 4.12. The normalized spacial score (nSPS) is 10.0. The topological polar surface area (TPSA) is 156 Å². The lowest BCUT2D eigenvalue weighted by molar-refractivity contribution is -0.403. The highest BCUT2D eigenvalue weighted by atomic mass is 16.6. The molecule has 118 valence electrons. The van der Waals surface area contributed by atoms with Crippen molar-refractivity contribution >= 4 is 23.0 Å². The van der Waals surface area contributed by atoms with Crippen LogP contribution in [0, 0.1) is 30.3 Å². The van der Waals surface area contributed by atoms with Crippen LogP contribution < -0.4 is 0 Å². The summed E-state index contributed by atoms with van der Waals surface area (Å²) in [5.74, 6) is -1.26. The van der Waals surface area contributed by atoms with Gasteiger partial charge in [-0.05, 0) is 6.42 Å². The molecular formula is C11H11N3O8. The highest BCUT2D eigenvalue weighted by Gasteiger charge is 2.35. The first kappa shape index (κ1) is 16.9. The van der Waals surface area contributed by atoms with E-state index in [2.05, 4.69) is 0 Å². The quantitative estimate of drug-likeness (QED) is 0.321. The highest BCUT2D eigenvalue weighted by molar-refractivity contribution is 5.99. The molecular weight excluding hydrogens is 302 g/mol. The Morgan fingerprint density at radius 2 is 1.55 bits per heavy atom. The zero-order valence-electron chi connectivity index (χ0n) is 11.4. The van der Waals surface area contributed by atoms with Crippen LogP contribution in [0.15, 0.2) is 12.1 Å². The van der Waals surface area contributed by atoms with Crippen molar-refractivity contribution in [3.63, 3.8) is 0 Å². The Hall–Kier alpha value is -3.11. The fourth-order valence-electron chi connectivity index (χ4n) is 1.58. The summed E-state index contributed by atoms with van der Waals surface area (Å²) >= 11 is 0. The second kappa shape index (κ2) is 7.06. The minimum atomic E-state index is -1.26. The number of rotatable bonds is 7. The van der Waals surface area contributed by atoms with E-state index in [4.69, 9.17) is 4.74 Å². The predicted molar refractivity (Wildman–Crippen MR) is 71.6 cm³/mol. The van der Waals surface area contributed by atoms with Crippen molar-refractivity contribution in [2.24, 2.45) is 0 Å². The average Bonchev–Trinajstić information content (AvgIpc) is 2.45. The summed E-state index contributed by atoms with van der Waals surface area (Å²) in [6, 6.07) is 0.979. The van der Waals surface area contributed by atoms with E-state index in [0.29, 0.717) is 25.0 Å². The zero-order valence-corrected chi connectivity index (χ0v) is 11.4. The van der Waals surface area contributed by atoms with E-state index in [-0.39, 0.29) is 6.61 Å². The van der Waals surface area contributed by atoms with Gasteiger partial charge in [-0.3, -0.25) is 30.3 Å². The Bertz CT molecular complexity index is 607. The second-order valence-corrected chi connectivity index (χ2v) is 4.12. The summed E-state index contributed by atoms with van der Waals surface area (Å²) in [4.78, 5) is 41.2. The van der Waals surface area contributed by atoms with Gasteiger partial charge in [0.2, 0.25) is 5.56 Å². The Kier molecular flexibility index (Phi) is 5.44. The third-order valence-corrected chi connectivity index (χ3v) is 2.62. The molecule has 0 amide bonds. The van der Waals surface area contributed by atoms with Crippen molar-refractivity contribution in [1.82, 2.24) is 0 Å². The van der Waals surface area contributed by atoms with Crippen LogP contribution in [0.1, 0.15) is 30.1 Å². The lowest BCUT2D eigenvalue weighted by Gasteiger charge is -2.05. The van der Waals surface area contributed by atoms with Gasteiger partial charge in [-0.2, -0.15) is 0 Å². The smallest absolute Gasteiger partial charge is 0.352 e. The first-order valence-electron chi connectivity index (χ1n) is 6.07. The maximum atomic E-state index is 11.9. The molecule has 0 bridgehead atoms. The Morgan fingerprint density at radius 1 is 1.05 bits per heavy atom. The van der Waals surface area contributed by atoms with Crippen LogP contribution in [0.2, 0.25) is 0 Å². The molecule has 0 N–H and O–H groups in total. The SMILES string of the molecule is CCCCOC(=O)c1c([N+](=O)[O-])cc([N+](=O)[O-])cc1[N+](=O)[O-]. The molecule has 0 atom stereocenters. The van der Waals surface area contributed by atoms with E-state index in [1.54, 1.807) is 0 Å². The number of benzene rings is 1. The van der Waals surface area contributed by atoms with Gasteiger partial charge in [0.05, 0.1) is 33.5 Å². The van der Waals surface area contributed by atoms with Crippen LogP contribution in [-0.4, -0.2) is 27.3 Å². The molecule has 0 unspecified atom stereocenters. The van der Waals surface area contributed by atoms with Crippen LogP contribution >= 0.6 is 0 Å². The lowest BCUT2D eigenvalue weighted by Crippen LogP contribution is -2.12. The lowest BCUT2D eigenvalue weighted by atomic mass is 10.1. The fraction of sp³-hybridized carbons (Fsp3) is 0.364. The fourth-order valence-corrected chi connectivity index (χ4v) is 1.58. The molecule has 0 fully saturated rings. The largest absolute Gasteiger partial charge is 0.462 e. The van der Waals surface area contributed by atoms with Crippen molar-refractivity contribution in [3.8, 4) is 0 Å². The number of unbranched alkanes of at least 4 members (excludes halogenated alkanes) is 1. The number of hydrogen-bond donors (Lipinski definition) is 0.